The van der Waals surface area contributed by atoms with Gasteiger partial charge >= 0.3 is 0 Å². The van der Waals surface area contributed by atoms with Gasteiger partial charge in [0.15, 0.2) is 5.65 Å². The van der Waals surface area contributed by atoms with Gasteiger partial charge in [0.2, 0.25) is 5.91 Å². The van der Waals surface area contributed by atoms with Crippen molar-refractivity contribution in [3.8, 4) is 5.75 Å². The maximum atomic E-state index is 13.0. The Morgan fingerprint density at radius 1 is 1.13 bits per heavy atom. The molecule has 200 valence electrons. The average molecular weight is 580 g/mol. The van der Waals surface area contributed by atoms with Crippen molar-refractivity contribution in [2.45, 2.75) is 52.5 Å². The number of piperidine rings is 1. The van der Waals surface area contributed by atoms with E-state index in [2.05, 4.69) is 37.4 Å². The number of aromatic nitrogens is 4. The van der Waals surface area contributed by atoms with Crippen LogP contribution < -0.4 is 10.1 Å². The van der Waals surface area contributed by atoms with Crippen molar-refractivity contribution in [1.29, 1.82) is 0 Å². The molecule has 0 bridgehead atoms. The molecule has 1 saturated heterocycles. The summed E-state index contributed by atoms with van der Waals surface area (Å²) in [6.45, 7) is 8.09. The second kappa shape index (κ2) is 12.9. The predicted octanol–water partition coefficient (Wildman–Crippen LogP) is 5.79. The molecule has 4 aromatic rings. The smallest absolute Gasteiger partial charge is 0.226 e. The van der Waals surface area contributed by atoms with Crippen molar-refractivity contribution in [1.82, 2.24) is 24.5 Å². The quantitative estimate of drug-likeness (QED) is 0.299. The average Bonchev–Trinajstić information content (AvgIpc) is 3.34. The molecule has 1 aromatic carbocycles. The number of methoxy groups -OCH3 is 1. The molecule has 0 radical (unpaired) electrons. The molecule has 1 fully saturated rings. The fourth-order valence-corrected chi connectivity index (χ4v) is 5.09. The molecule has 0 saturated carbocycles. The third kappa shape index (κ3) is 6.32. The normalized spacial score (nSPS) is 13.7. The molecule has 38 heavy (non-hydrogen) atoms. The minimum Gasteiger partial charge on any atom is -0.496 e. The Bertz CT molecular complexity index is 1370. The number of nitrogens with one attached hydrogen (secondary N) is 1. The van der Waals surface area contributed by atoms with E-state index in [1.807, 2.05) is 66.7 Å². The number of likely N-dealkylation sites (tertiary alicyclic amines) is 1. The van der Waals surface area contributed by atoms with Gasteiger partial charge in [-0.05, 0) is 64.5 Å². The van der Waals surface area contributed by atoms with Crippen LogP contribution in [-0.4, -0.2) is 50.6 Å². The number of carbonyl (C=O) groups excluding carboxylic acids is 1. The highest BCUT2D eigenvalue weighted by Crippen LogP contribution is 2.31. The van der Waals surface area contributed by atoms with Crippen molar-refractivity contribution in [2.24, 2.45) is 0 Å². The lowest BCUT2D eigenvalue weighted by Gasteiger charge is -2.32. The van der Waals surface area contributed by atoms with E-state index in [1.165, 1.54) is 0 Å². The van der Waals surface area contributed by atoms with Crippen LogP contribution in [0.15, 0.2) is 59.5 Å². The van der Waals surface area contributed by atoms with E-state index in [-0.39, 0.29) is 11.8 Å². The summed E-state index contributed by atoms with van der Waals surface area (Å²) >= 11 is 3.59. The van der Waals surface area contributed by atoms with Gasteiger partial charge in [-0.15, -0.1) is 0 Å². The maximum absolute atomic E-state index is 13.0. The Labute approximate surface area is 232 Å². The SMILES string of the molecule is CC.COc1ccc(CC(=O)N2CCC(c3cc(NCc4cccnc4)n4ncc(Br)c4n3)CC2)cc1C. The van der Waals surface area contributed by atoms with Crippen molar-refractivity contribution >= 4 is 33.3 Å². The van der Waals surface area contributed by atoms with Crippen LogP contribution in [0.5, 0.6) is 5.75 Å². The van der Waals surface area contributed by atoms with Gasteiger partial charge < -0.3 is 15.0 Å². The highest BCUT2D eigenvalue weighted by molar-refractivity contribution is 9.10. The van der Waals surface area contributed by atoms with Gasteiger partial charge in [0.25, 0.3) is 0 Å². The van der Waals surface area contributed by atoms with Gasteiger partial charge in [-0.2, -0.15) is 9.61 Å². The van der Waals surface area contributed by atoms with Crippen LogP contribution in [0.3, 0.4) is 0 Å². The molecule has 0 atom stereocenters. The Morgan fingerprint density at radius 3 is 2.61 bits per heavy atom. The van der Waals surface area contributed by atoms with Crippen molar-refractivity contribution < 1.29 is 9.53 Å². The summed E-state index contributed by atoms with van der Waals surface area (Å²) in [6.07, 6.45) is 7.56. The zero-order chi connectivity index (χ0) is 27.1. The van der Waals surface area contributed by atoms with Gasteiger partial charge in [-0.1, -0.05) is 32.0 Å². The van der Waals surface area contributed by atoms with Crippen LogP contribution in [0.4, 0.5) is 5.82 Å². The predicted molar refractivity (Wildman–Crippen MR) is 154 cm³/mol. The lowest BCUT2D eigenvalue weighted by atomic mass is 9.92. The minimum atomic E-state index is 0.166. The molecule has 8 nitrogen and oxygen atoms in total. The second-order valence-electron chi connectivity index (χ2n) is 9.14. The second-order valence-corrected chi connectivity index (χ2v) is 10.00. The molecule has 0 spiro atoms. The number of anilines is 1. The van der Waals surface area contributed by atoms with Crippen LogP contribution in [0, 0.1) is 6.92 Å². The Kier molecular flexibility index (Phi) is 9.33. The van der Waals surface area contributed by atoms with Crippen LogP contribution >= 0.6 is 15.9 Å². The largest absolute Gasteiger partial charge is 0.496 e. The molecule has 5 rings (SSSR count). The van der Waals surface area contributed by atoms with Crippen LogP contribution in [0.2, 0.25) is 0 Å². The number of fused-ring (bicyclic) bond motifs is 1. The van der Waals surface area contributed by atoms with E-state index in [0.717, 1.165) is 70.0 Å². The lowest BCUT2D eigenvalue weighted by molar-refractivity contribution is -0.131. The van der Waals surface area contributed by atoms with Gasteiger partial charge in [0.05, 0.1) is 24.2 Å². The number of hydrogen-bond acceptors (Lipinski definition) is 6. The van der Waals surface area contributed by atoms with E-state index >= 15 is 0 Å². The fraction of sp³-hybridized carbons (Fsp3) is 0.379. The van der Waals surface area contributed by atoms with E-state index in [9.17, 15) is 4.79 Å². The molecule has 3 aromatic heterocycles. The summed E-state index contributed by atoms with van der Waals surface area (Å²) in [7, 11) is 1.66. The number of hydrogen-bond donors (Lipinski definition) is 1. The molecule has 4 heterocycles. The number of carbonyl (C=O) groups is 1. The summed E-state index contributed by atoms with van der Waals surface area (Å²) in [6, 6.07) is 12.0. The first-order valence-corrected chi connectivity index (χ1v) is 13.9. The molecule has 1 amide bonds. The summed E-state index contributed by atoms with van der Waals surface area (Å²) in [5, 5.41) is 7.97. The first-order chi connectivity index (χ1) is 18.5. The first kappa shape index (κ1) is 27.6. The molecule has 0 aliphatic carbocycles. The number of halogens is 1. The summed E-state index contributed by atoms with van der Waals surface area (Å²) in [4.78, 5) is 24.1. The minimum absolute atomic E-state index is 0.166. The van der Waals surface area contributed by atoms with Crippen molar-refractivity contribution in [3.63, 3.8) is 0 Å². The number of aryl methyl sites for hydroxylation is 1. The zero-order valence-electron chi connectivity index (χ0n) is 22.4. The summed E-state index contributed by atoms with van der Waals surface area (Å²) in [5.74, 6) is 2.18. The van der Waals surface area contributed by atoms with Gasteiger partial charge in [-0.25, -0.2) is 4.98 Å². The molecule has 1 aliphatic heterocycles. The standard InChI is InChI=1S/C27H29BrN6O2.C2H6/c1-18-12-19(5-6-24(18)36-2)13-26(35)33-10-7-21(8-11-33)23-14-25(30-16-20-4-3-9-29-15-20)34-27(32-23)22(28)17-31-34;1-2/h3-6,9,12,14-15,17,21,30H,7-8,10-11,13,16H2,1-2H3;1-2H3. The number of ether oxygens (including phenoxy) is 1. The summed E-state index contributed by atoms with van der Waals surface area (Å²) in [5.41, 5.74) is 4.96. The van der Waals surface area contributed by atoms with Gasteiger partial charge in [-0.3, -0.25) is 9.78 Å². The van der Waals surface area contributed by atoms with E-state index in [0.29, 0.717) is 13.0 Å². The Morgan fingerprint density at radius 2 is 1.92 bits per heavy atom. The number of nitrogens with zero attached hydrogens (tertiary/aromatic N) is 5. The Hall–Kier alpha value is -3.46. The number of rotatable bonds is 7. The van der Waals surface area contributed by atoms with Crippen LogP contribution in [0.1, 0.15) is 55.0 Å². The number of benzene rings is 1. The Balaban J connectivity index is 0.00000164. The zero-order valence-corrected chi connectivity index (χ0v) is 24.0. The lowest BCUT2D eigenvalue weighted by Crippen LogP contribution is -2.39. The highest BCUT2D eigenvalue weighted by Gasteiger charge is 2.26. The molecule has 1 aliphatic rings. The van der Waals surface area contributed by atoms with Crippen molar-refractivity contribution in [2.75, 3.05) is 25.5 Å². The van der Waals surface area contributed by atoms with E-state index < -0.39 is 0 Å². The third-order valence-corrected chi connectivity index (χ3v) is 7.28. The third-order valence-electron chi connectivity index (χ3n) is 6.73. The molecule has 1 N–H and O–H groups in total. The van der Waals surface area contributed by atoms with E-state index in [4.69, 9.17) is 9.72 Å². The molecular formula is C29H35BrN6O2. The summed E-state index contributed by atoms with van der Waals surface area (Å²) < 4.78 is 8.01. The van der Waals surface area contributed by atoms with Crippen LogP contribution in [-0.2, 0) is 17.8 Å². The van der Waals surface area contributed by atoms with E-state index in [1.54, 1.807) is 19.5 Å². The highest BCUT2D eigenvalue weighted by atomic mass is 79.9. The number of pyridine rings is 1. The topological polar surface area (TPSA) is 84.7 Å². The molecular weight excluding hydrogens is 544 g/mol. The van der Waals surface area contributed by atoms with Gasteiger partial charge in [0.1, 0.15) is 11.6 Å². The molecule has 9 heteroatoms. The first-order valence-electron chi connectivity index (χ1n) is 13.1. The van der Waals surface area contributed by atoms with Crippen LogP contribution in [0.25, 0.3) is 5.65 Å². The fourth-order valence-electron chi connectivity index (χ4n) is 4.75. The van der Waals surface area contributed by atoms with Gasteiger partial charge in [0, 0.05) is 49.7 Å². The van der Waals surface area contributed by atoms with Crippen molar-refractivity contribution in [3.05, 3.63) is 81.8 Å². The maximum Gasteiger partial charge on any atom is 0.226 e. The monoisotopic (exact) mass is 578 g/mol. The molecule has 0 unspecified atom stereocenters. The number of amides is 1.